The van der Waals surface area contributed by atoms with Crippen molar-refractivity contribution in [2.24, 2.45) is 0 Å². The normalized spacial score (nSPS) is 15.2. The second kappa shape index (κ2) is 4.57. The van der Waals surface area contributed by atoms with Crippen LogP contribution in [-0.2, 0) is 0 Å². The predicted octanol–water partition coefficient (Wildman–Crippen LogP) is 1.90. The molecule has 0 spiro atoms. The average molecular weight is 127 g/mol. The lowest BCUT2D eigenvalue weighted by atomic mass is 10.2. The number of hydrogen-bond donors (Lipinski definition) is 0. The van der Waals surface area contributed by atoms with Crippen molar-refractivity contribution in [3.05, 3.63) is 12.2 Å². The lowest BCUT2D eigenvalue weighted by Gasteiger charge is -2.18. The van der Waals surface area contributed by atoms with E-state index in [0.717, 1.165) is 0 Å². The van der Waals surface area contributed by atoms with Gasteiger partial charge in [-0.3, -0.25) is 0 Å². The Bertz CT molecular complexity index is 84.6. The molecule has 0 heterocycles. The number of likely N-dealkylation sites (N-methyl/N-ethyl adjacent to an activating group) is 1. The molecule has 54 valence electrons. The molecule has 0 bridgehead atoms. The second-order valence-electron chi connectivity index (χ2n) is 2.46. The molecule has 0 N–H and O–H groups in total. The van der Waals surface area contributed by atoms with E-state index in [1.54, 1.807) is 0 Å². The molecular weight excluding hydrogens is 110 g/mol. The third-order valence-electron chi connectivity index (χ3n) is 1.50. The van der Waals surface area contributed by atoms with Gasteiger partial charge in [0.15, 0.2) is 0 Å². The molecule has 0 radical (unpaired) electrons. The molecule has 0 aromatic rings. The summed E-state index contributed by atoms with van der Waals surface area (Å²) in [5.74, 6) is 0. The topological polar surface area (TPSA) is 3.24 Å². The molecule has 1 heteroatoms. The van der Waals surface area contributed by atoms with Gasteiger partial charge in [0.1, 0.15) is 0 Å². The van der Waals surface area contributed by atoms with Crippen LogP contribution in [0.2, 0.25) is 0 Å². The van der Waals surface area contributed by atoms with Crippen LogP contribution < -0.4 is 0 Å². The molecule has 0 fully saturated rings. The second-order valence-corrected chi connectivity index (χ2v) is 2.46. The van der Waals surface area contributed by atoms with Crippen LogP contribution in [0.3, 0.4) is 0 Å². The molecule has 0 amide bonds. The van der Waals surface area contributed by atoms with Gasteiger partial charge in [-0.15, -0.1) is 0 Å². The maximum atomic E-state index is 2.22. The Hall–Kier alpha value is -0.300. The number of allylic oxidation sites excluding steroid dienone is 1. The Kier molecular flexibility index (Phi) is 4.41. The highest BCUT2D eigenvalue weighted by Crippen LogP contribution is 1.99. The van der Waals surface area contributed by atoms with Crippen molar-refractivity contribution in [2.75, 3.05) is 14.1 Å². The summed E-state index contributed by atoms with van der Waals surface area (Å²) in [4.78, 5) is 2.22. The van der Waals surface area contributed by atoms with E-state index in [2.05, 4.69) is 45.0 Å². The van der Waals surface area contributed by atoms with Gasteiger partial charge in [0.25, 0.3) is 0 Å². The molecule has 0 rings (SSSR count). The standard InChI is InChI=1S/C8H17N/c1-5-7-8(6-2)9(3)4/h5,7-8H,6H2,1-4H3/b7-5+. The van der Waals surface area contributed by atoms with Gasteiger partial charge in [0, 0.05) is 6.04 Å². The Morgan fingerprint density at radius 3 is 2.11 bits per heavy atom. The van der Waals surface area contributed by atoms with Crippen molar-refractivity contribution in [2.45, 2.75) is 26.3 Å². The van der Waals surface area contributed by atoms with E-state index < -0.39 is 0 Å². The molecule has 1 unspecified atom stereocenters. The van der Waals surface area contributed by atoms with Crippen LogP contribution >= 0.6 is 0 Å². The summed E-state index contributed by atoms with van der Waals surface area (Å²) in [7, 11) is 4.21. The summed E-state index contributed by atoms with van der Waals surface area (Å²) in [6, 6.07) is 0.620. The quantitative estimate of drug-likeness (QED) is 0.523. The minimum absolute atomic E-state index is 0.620. The monoisotopic (exact) mass is 127 g/mol. The zero-order valence-electron chi connectivity index (χ0n) is 6.89. The summed E-state index contributed by atoms with van der Waals surface area (Å²) in [6.07, 6.45) is 5.52. The molecule has 0 aromatic heterocycles. The first-order chi connectivity index (χ1) is 4.22. The maximum absolute atomic E-state index is 2.22. The molecule has 0 aromatic carbocycles. The van der Waals surface area contributed by atoms with Crippen LogP contribution in [0.25, 0.3) is 0 Å². The van der Waals surface area contributed by atoms with E-state index in [1.807, 2.05) is 0 Å². The molecule has 0 aliphatic rings. The van der Waals surface area contributed by atoms with Crippen molar-refractivity contribution in [1.29, 1.82) is 0 Å². The van der Waals surface area contributed by atoms with Gasteiger partial charge in [0.2, 0.25) is 0 Å². The van der Waals surface area contributed by atoms with Gasteiger partial charge in [-0.25, -0.2) is 0 Å². The molecule has 0 aliphatic carbocycles. The van der Waals surface area contributed by atoms with E-state index in [0.29, 0.717) is 6.04 Å². The number of nitrogens with zero attached hydrogens (tertiary/aromatic N) is 1. The molecule has 9 heavy (non-hydrogen) atoms. The van der Waals surface area contributed by atoms with Crippen LogP contribution in [0.5, 0.6) is 0 Å². The summed E-state index contributed by atoms with van der Waals surface area (Å²) >= 11 is 0. The first kappa shape index (κ1) is 8.70. The van der Waals surface area contributed by atoms with Gasteiger partial charge in [-0.05, 0) is 27.4 Å². The Morgan fingerprint density at radius 1 is 1.44 bits per heavy atom. The minimum atomic E-state index is 0.620. The fraction of sp³-hybridized carbons (Fsp3) is 0.750. The van der Waals surface area contributed by atoms with Gasteiger partial charge in [-0.1, -0.05) is 19.1 Å². The van der Waals surface area contributed by atoms with Crippen molar-refractivity contribution in [1.82, 2.24) is 4.90 Å². The van der Waals surface area contributed by atoms with E-state index in [1.165, 1.54) is 6.42 Å². The summed E-state index contributed by atoms with van der Waals surface area (Å²) in [6.45, 7) is 4.26. The van der Waals surface area contributed by atoms with E-state index in [9.17, 15) is 0 Å². The molecule has 0 saturated heterocycles. The molecule has 1 atom stereocenters. The zero-order chi connectivity index (χ0) is 7.28. The molecule has 1 nitrogen and oxygen atoms in total. The zero-order valence-corrected chi connectivity index (χ0v) is 6.89. The summed E-state index contributed by atoms with van der Waals surface area (Å²) in [5.41, 5.74) is 0. The largest absolute Gasteiger partial charge is 0.303 e. The maximum Gasteiger partial charge on any atom is 0.0269 e. The molecule has 0 saturated carbocycles. The van der Waals surface area contributed by atoms with Crippen LogP contribution in [0.1, 0.15) is 20.3 Å². The van der Waals surface area contributed by atoms with Crippen LogP contribution in [-0.4, -0.2) is 25.0 Å². The summed E-state index contributed by atoms with van der Waals surface area (Å²) in [5, 5.41) is 0. The fourth-order valence-corrected chi connectivity index (χ4v) is 0.896. The van der Waals surface area contributed by atoms with E-state index in [-0.39, 0.29) is 0 Å². The van der Waals surface area contributed by atoms with Gasteiger partial charge in [0.05, 0.1) is 0 Å². The van der Waals surface area contributed by atoms with Crippen molar-refractivity contribution in [3.8, 4) is 0 Å². The average Bonchev–Trinajstić information content (AvgIpc) is 1.82. The first-order valence-electron chi connectivity index (χ1n) is 3.51. The highest BCUT2D eigenvalue weighted by molar-refractivity contribution is 4.89. The third kappa shape index (κ3) is 3.31. The highest BCUT2D eigenvalue weighted by atomic mass is 15.1. The lowest BCUT2D eigenvalue weighted by molar-refractivity contribution is 0.336. The van der Waals surface area contributed by atoms with Crippen LogP contribution in [0.4, 0.5) is 0 Å². The van der Waals surface area contributed by atoms with Gasteiger partial charge < -0.3 is 4.90 Å². The van der Waals surface area contributed by atoms with Gasteiger partial charge >= 0.3 is 0 Å². The van der Waals surface area contributed by atoms with Crippen LogP contribution in [0.15, 0.2) is 12.2 Å². The van der Waals surface area contributed by atoms with Gasteiger partial charge in [-0.2, -0.15) is 0 Å². The van der Waals surface area contributed by atoms with Crippen molar-refractivity contribution >= 4 is 0 Å². The summed E-state index contributed by atoms with van der Waals surface area (Å²) < 4.78 is 0. The fourth-order valence-electron chi connectivity index (χ4n) is 0.896. The van der Waals surface area contributed by atoms with E-state index >= 15 is 0 Å². The SMILES string of the molecule is C/C=C/C(CC)N(C)C. The minimum Gasteiger partial charge on any atom is -0.303 e. The Morgan fingerprint density at radius 2 is 2.00 bits per heavy atom. The number of hydrogen-bond acceptors (Lipinski definition) is 1. The van der Waals surface area contributed by atoms with Crippen molar-refractivity contribution in [3.63, 3.8) is 0 Å². The predicted molar refractivity (Wildman–Crippen MR) is 42.6 cm³/mol. The smallest absolute Gasteiger partial charge is 0.0269 e. The van der Waals surface area contributed by atoms with Crippen molar-refractivity contribution < 1.29 is 0 Å². The highest BCUT2D eigenvalue weighted by Gasteiger charge is 2.01. The molecule has 0 aliphatic heterocycles. The Balaban J connectivity index is 3.68. The Labute approximate surface area is 58.4 Å². The first-order valence-corrected chi connectivity index (χ1v) is 3.51. The lowest BCUT2D eigenvalue weighted by Crippen LogP contribution is -2.24. The van der Waals surface area contributed by atoms with E-state index in [4.69, 9.17) is 0 Å². The molecular formula is C8H17N. The van der Waals surface area contributed by atoms with Crippen LogP contribution in [0, 0.1) is 0 Å². The third-order valence-corrected chi connectivity index (χ3v) is 1.50. The number of rotatable bonds is 3.